The van der Waals surface area contributed by atoms with Crippen LogP contribution in [0.2, 0.25) is 0 Å². The van der Waals surface area contributed by atoms with E-state index in [9.17, 15) is 0 Å². The Balaban J connectivity index is 0.000000482. The van der Waals surface area contributed by atoms with E-state index in [1.807, 2.05) is 21.3 Å². The first-order valence-electron chi connectivity index (χ1n) is 41.3. The zero-order valence-electron chi connectivity index (χ0n) is 70.0. The number of methoxy groups -OCH3 is 3. The van der Waals surface area contributed by atoms with Gasteiger partial charge in [-0.2, -0.15) is 0 Å². The first-order valence-corrected chi connectivity index (χ1v) is 52.3. The SMILES string of the molecule is CCC.CCCC.CCCc1ccccc1.COc1cccc(C)c1-c1ccccc1[PH+](C1CCCCC1)C1CCCCC1.COc1cccc(C)c1-c1ccccc1[PH+](C1CCCCC1)C1CCCCC1.COc1cccc(C)c1-c1ccccc1[PH+](C1CCCCC1)C1CCCCC1.[CH3-].[CH3-].[CH3-].[Cl][Pd+].[Cl][Pd+].[Cl][Pd+]. The first kappa shape index (κ1) is 103. The number of unbranched alkanes of at least 4 members (excludes halogenated alkanes) is 1. The summed E-state index contributed by atoms with van der Waals surface area (Å²) in [5, 5.41) is 5.08. The average Bonchev–Trinajstić information content (AvgIpc) is 0.789. The van der Waals surface area contributed by atoms with Gasteiger partial charge in [0.2, 0.25) is 0 Å². The van der Waals surface area contributed by atoms with Gasteiger partial charge < -0.3 is 36.5 Å². The molecular weight excluding hydrogens is 1730 g/mol. The van der Waals surface area contributed by atoms with E-state index < -0.39 is 23.8 Å². The van der Waals surface area contributed by atoms with Gasteiger partial charge in [-0.25, -0.2) is 0 Å². The summed E-state index contributed by atoms with van der Waals surface area (Å²) in [6.45, 7) is 17.5. The minimum absolute atomic E-state index is 0. The van der Waals surface area contributed by atoms with E-state index in [2.05, 4.69) is 296 Å². The van der Waals surface area contributed by atoms with Gasteiger partial charge in [-0.3, -0.25) is 0 Å². The van der Waals surface area contributed by atoms with Crippen molar-refractivity contribution < 1.29 is 68.8 Å². The van der Waals surface area contributed by atoms with Gasteiger partial charge in [0.05, 0.1) is 71.2 Å². The van der Waals surface area contributed by atoms with E-state index in [1.54, 1.807) is 15.9 Å². The molecular formula is C97H147Cl3O3P3Pd3+3. The molecule has 0 saturated heterocycles. The van der Waals surface area contributed by atoms with Gasteiger partial charge in [-0.1, -0.05) is 220 Å². The van der Waals surface area contributed by atoms with Crippen molar-refractivity contribution in [3.63, 3.8) is 0 Å². The minimum atomic E-state index is -0.597. The van der Waals surface area contributed by atoms with Crippen LogP contribution in [0.5, 0.6) is 17.2 Å². The van der Waals surface area contributed by atoms with Gasteiger partial charge in [0.1, 0.15) is 17.2 Å². The molecule has 6 aliphatic rings. The van der Waals surface area contributed by atoms with Crippen LogP contribution in [0.15, 0.2) is 158 Å². The van der Waals surface area contributed by atoms with Crippen LogP contribution in [0.1, 0.15) is 275 Å². The molecule has 12 heteroatoms. The third-order valence-corrected chi connectivity index (χ3v) is 35.0. The monoisotopic (exact) mass is 1880 g/mol. The van der Waals surface area contributed by atoms with Gasteiger partial charge in [0.15, 0.2) is 0 Å². The van der Waals surface area contributed by atoms with Crippen LogP contribution in [-0.4, -0.2) is 55.3 Å². The van der Waals surface area contributed by atoms with Crippen molar-refractivity contribution in [2.24, 2.45) is 0 Å². The van der Waals surface area contributed by atoms with Crippen LogP contribution in [0.4, 0.5) is 0 Å². The third-order valence-electron chi connectivity index (χ3n) is 23.0. The fraction of sp³-hybridized carbons (Fsp3) is 0.536. The van der Waals surface area contributed by atoms with Crippen molar-refractivity contribution in [2.75, 3.05) is 21.3 Å². The van der Waals surface area contributed by atoms with E-state index in [0.717, 1.165) is 51.2 Å². The molecule has 7 aromatic carbocycles. The Morgan fingerprint density at radius 1 is 0.284 bits per heavy atom. The van der Waals surface area contributed by atoms with Gasteiger partial charge in [0, 0.05) is 57.1 Å². The Morgan fingerprint density at radius 2 is 0.495 bits per heavy atom. The Hall–Kier alpha value is -1.91. The predicted octanol–water partition coefficient (Wildman–Crippen LogP) is 30.8. The number of aryl methyl sites for hydroxylation is 4. The van der Waals surface area contributed by atoms with Gasteiger partial charge >= 0.3 is 83.1 Å². The molecule has 6 saturated carbocycles. The molecule has 13 rings (SSSR count). The molecule has 0 heterocycles. The van der Waals surface area contributed by atoms with Crippen LogP contribution in [0, 0.1) is 43.1 Å². The van der Waals surface area contributed by atoms with Crippen molar-refractivity contribution in [3.05, 3.63) is 202 Å². The fourth-order valence-electron chi connectivity index (χ4n) is 18.1. The summed E-state index contributed by atoms with van der Waals surface area (Å²) < 4.78 is 17.5. The molecule has 0 aromatic heterocycles. The summed E-state index contributed by atoms with van der Waals surface area (Å²) in [4.78, 5) is 0. The molecule has 6 fully saturated rings. The van der Waals surface area contributed by atoms with E-state index in [-0.39, 0.29) is 22.3 Å². The second-order valence-electron chi connectivity index (χ2n) is 30.4. The van der Waals surface area contributed by atoms with E-state index in [0.29, 0.717) is 0 Å². The summed E-state index contributed by atoms with van der Waals surface area (Å²) in [5.74, 6) is 3.09. The number of hydrogen-bond acceptors (Lipinski definition) is 3. The molecule has 0 unspecified atom stereocenters. The Morgan fingerprint density at radius 3 is 0.697 bits per heavy atom. The molecule has 7 aromatic rings. The summed E-state index contributed by atoms with van der Waals surface area (Å²) in [6.07, 6.45) is 49.9. The fourth-order valence-corrected chi connectivity index (χ4v) is 31.3. The van der Waals surface area contributed by atoms with Crippen LogP contribution >= 0.6 is 52.4 Å². The van der Waals surface area contributed by atoms with Crippen LogP contribution in [0.25, 0.3) is 33.4 Å². The predicted molar refractivity (Wildman–Crippen MR) is 488 cm³/mol. The zero-order chi connectivity index (χ0) is 76.7. The van der Waals surface area contributed by atoms with Crippen LogP contribution < -0.4 is 30.1 Å². The van der Waals surface area contributed by atoms with Gasteiger partial charge in [-0.15, -0.1) is 0 Å². The first-order chi connectivity index (χ1) is 52.1. The van der Waals surface area contributed by atoms with E-state index in [4.69, 9.17) is 14.2 Å². The molecule has 0 N–H and O–H groups in total. The molecule has 6 aliphatic carbocycles. The van der Waals surface area contributed by atoms with Crippen molar-refractivity contribution in [2.45, 2.75) is 314 Å². The van der Waals surface area contributed by atoms with Crippen LogP contribution in [-0.2, 0) is 61.0 Å². The zero-order valence-corrected chi connectivity index (χ0v) is 80.0. The van der Waals surface area contributed by atoms with Crippen LogP contribution in [0.3, 0.4) is 0 Å². The summed E-state index contributed by atoms with van der Waals surface area (Å²) in [5.41, 5.74) is 19.6. The topological polar surface area (TPSA) is 27.7 Å². The van der Waals surface area contributed by atoms with Crippen molar-refractivity contribution in [1.29, 1.82) is 0 Å². The molecule has 3 nitrogen and oxygen atoms in total. The molecule has 616 valence electrons. The molecule has 0 radical (unpaired) electrons. The summed E-state index contributed by atoms with van der Waals surface area (Å²) >= 11 is 6.67. The maximum atomic E-state index is 5.82. The molecule has 0 spiro atoms. The number of ether oxygens (including phenoxy) is 3. The Labute approximate surface area is 718 Å². The van der Waals surface area contributed by atoms with Gasteiger partial charge in [-0.05, 0) is 240 Å². The van der Waals surface area contributed by atoms with Crippen molar-refractivity contribution in [3.8, 4) is 50.6 Å². The Kier molecular flexibility index (Phi) is 59.0. The Bertz CT molecular complexity index is 3020. The molecule has 0 atom stereocenters. The molecule has 0 bridgehead atoms. The second kappa shape index (κ2) is 62.3. The molecule has 0 aliphatic heterocycles. The maximum absolute atomic E-state index is 5.82. The van der Waals surface area contributed by atoms with Gasteiger partial charge in [0.25, 0.3) is 0 Å². The number of rotatable bonds is 18. The van der Waals surface area contributed by atoms with Crippen molar-refractivity contribution >= 4 is 68.3 Å². The normalized spacial score (nSPS) is 16.1. The summed E-state index contributed by atoms with van der Waals surface area (Å²) in [7, 11) is 17.1. The van der Waals surface area contributed by atoms with E-state index in [1.165, 1.54) is 280 Å². The summed E-state index contributed by atoms with van der Waals surface area (Å²) in [6, 6.07) is 58.2. The molecule has 109 heavy (non-hydrogen) atoms. The van der Waals surface area contributed by atoms with Crippen molar-refractivity contribution in [1.82, 2.24) is 0 Å². The quantitative estimate of drug-likeness (QED) is 0.0487. The standard InChI is InChI=1S/3C26H35OP.C9H12.C4H10.C3H8.3CH3.3ClH.3Pd/c3*1-20-12-11-18-24(27-2)26(20)23-17-9-10-19-25(23)28(21-13-5-3-6-14-21)22-15-7-4-8-16-22;1-2-6-9-7-4-3-5-8-9;1-3-4-2;1-3-2;;;;;;;;;/h3*9-12,17-19,21-22H,3-8,13-16H2,1-2H3;3-5,7-8H,2,6H2,1H3;3-4H2,1-2H3;3H2,1-2H3;3*1H3;3*1H;;;/q;;;;;;3*-1;;;;3*+2. The third kappa shape index (κ3) is 32.8. The number of benzene rings is 7. The number of halogens is 3. The van der Waals surface area contributed by atoms with E-state index >= 15 is 0 Å². The second-order valence-corrected chi connectivity index (χ2v) is 39.7. The molecule has 0 amide bonds. The number of hydrogen-bond donors (Lipinski definition) is 0. The average molecular weight is 1880 g/mol.